The summed E-state index contributed by atoms with van der Waals surface area (Å²) in [5.41, 5.74) is 2.78. The molecule has 1 amide bonds. The van der Waals surface area contributed by atoms with Crippen LogP contribution in [0.2, 0.25) is 0 Å². The van der Waals surface area contributed by atoms with Crippen LogP contribution in [0.5, 0.6) is 0 Å². The van der Waals surface area contributed by atoms with Gasteiger partial charge in [-0.2, -0.15) is 0 Å². The van der Waals surface area contributed by atoms with Crippen molar-refractivity contribution in [3.8, 4) is 0 Å². The first-order valence-electron chi connectivity index (χ1n) is 11.7. The van der Waals surface area contributed by atoms with E-state index in [1.54, 1.807) is 36.3 Å². The Balaban J connectivity index is 1.36. The number of hydrogen-bond donors (Lipinski definition) is 1. The summed E-state index contributed by atoms with van der Waals surface area (Å²) in [4.78, 5) is 41.2. The van der Waals surface area contributed by atoms with Crippen molar-refractivity contribution in [2.24, 2.45) is 0 Å². The van der Waals surface area contributed by atoms with E-state index >= 15 is 0 Å². The second-order valence-electron chi connectivity index (χ2n) is 9.13. The lowest BCUT2D eigenvalue weighted by Crippen LogP contribution is -2.40. The number of aromatic nitrogens is 4. The van der Waals surface area contributed by atoms with Crippen molar-refractivity contribution in [2.75, 3.05) is 11.1 Å². The van der Waals surface area contributed by atoms with Crippen LogP contribution in [0.15, 0.2) is 66.1 Å². The zero-order chi connectivity index (χ0) is 24.6. The number of amides is 1. The molecule has 1 aromatic carbocycles. The van der Waals surface area contributed by atoms with Crippen LogP contribution in [-0.4, -0.2) is 36.8 Å². The predicted octanol–water partition coefficient (Wildman–Crippen LogP) is 5.07. The number of imidazole rings is 1. The normalized spacial score (nSPS) is 19.5. The van der Waals surface area contributed by atoms with E-state index in [-0.39, 0.29) is 24.0 Å². The first kappa shape index (κ1) is 23.2. The van der Waals surface area contributed by atoms with E-state index in [1.165, 1.54) is 4.90 Å². The molecule has 0 saturated heterocycles. The molecule has 2 unspecified atom stereocenters. The fourth-order valence-corrected chi connectivity index (χ4v) is 5.56. The zero-order valence-corrected chi connectivity index (χ0v) is 20.8. The summed E-state index contributed by atoms with van der Waals surface area (Å²) in [6, 6.07) is 11.5. The molecule has 0 bridgehead atoms. The predicted molar refractivity (Wildman–Crippen MR) is 137 cm³/mol. The second kappa shape index (κ2) is 9.26. The smallest absolute Gasteiger partial charge is 0.229 e. The average Bonchev–Trinajstić information content (AvgIpc) is 3.33. The molecule has 0 radical (unpaired) electrons. The van der Waals surface area contributed by atoms with Gasteiger partial charge in [0, 0.05) is 41.2 Å². The Morgan fingerprint density at radius 3 is 2.63 bits per heavy atom. The van der Waals surface area contributed by atoms with Crippen molar-refractivity contribution in [1.29, 1.82) is 0 Å². The summed E-state index contributed by atoms with van der Waals surface area (Å²) in [5.74, 6) is 1.32. The van der Waals surface area contributed by atoms with Gasteiger partial charge in [0.25, 0.3) is 0 Å². The maximum Gasteiger partial charge on any atom is 0.229 e. The number of nitrogens with zero attached hydrogens (tertiary/aromatic N) is 4. The van der Waals surface area contributed by atoms with Gasteiger partial charge in [0.2, 0.25) is 5.91 Å². The highest BCUT2D eigenvalue weighted by Gasteiger charge is 2.46. The number of carbonyl (C=O) groups excluding carboxylic acids is 2. The van der Waals surface area contributed by atoms with Gasteiger partial charge in [-0.1, -0.05) is 26.0 Å². The van der Waals surface area contributed by atoms with Gasteiger partial charge in [0.1, 0.15) is 5.82 Å². The Bertz CT molecular complexity index is 1410. The molecule has 0 spiro atoms. The third-order valence-corrected chi connectivity index (χ3v) is 7.45. The van der Waals surface area contributed by atoms with Gasteiger partial charge in [-0.3, -0.25) is 14.6 Å². The van der Waals surface area contributed by atoms with Gasteiger partial charge in [0.15, 0.2) is 11.4 Å². The molecular weight excluding hydrogens is 458 g/mol. The minimum absolute atomic E-state index is 0.00480. The largest absolute Gasteiger partial charge is 0.310 e. The van der Waals surface area contributed by atoms with Crippen molar-refractivity contribution in [3.05, 3.63) is 83.7 Å². The molecule has 5 rings (SSSR count). The summed E-state index contributed by atoms with van der Waals surface area (Å²) in [6.45, 7) is 6.11. The molecule has 8 heteroatoms. The van der Waals surface area contributed by atoms with Gasteiger partial charge < -0.3 is 9.72 Å². The fourth-order valence-electron chi connectivity index (χ4n) is 4.90. The van der Waals surface area contributed by atoms with Crippen LogP contribution in [0, 0.1) is 0 Å². The number of fused-ring (bicyclic) bond motifs is 2. The van der Waals surface area contributed by atoms with E-state index in [0.29, 0.717) is 34.8 Å². The maximum absolute atomic E-state index is 13.7. The van der Waals surface area contributed by atoms with Gasteiger partial charge in [-0.25, -0.2) is 9.97 Å². The zero-order valence-electron chi connectivity index (χ0n) is 20.0. The minimum Gasteiger partial charge on any atom is -0.310 e. The third kappa shape index (κ3) is 4.34. The minimum atomic E-state index is -0.811. The van der Waals surface area contributed by atoms with Gasteiger partial charge in [-0.15, -0.1) is 11.8 Å². The fraction of sp³-hybridized carbons (Fsp3) is 0.296. The number of carbonyl (C=O) groups is 2. The number of Topliss-reactive ketones (excluding diaryl/α,β-unsaturated/α-hetero) is 1. The molecule has 1 aliphatic rings. The molecule has 3 aromatic heterocycles. The number of anilines is 1. The molecule has 0 aliphatic heterocycles. The molecule has 7 nitrogen and oxygen atoms in total. The number of nitrogens with one attached hydrogen (secondary N) is 1. The summed E-state index contributed by atoms with van der Waals surface area (Å²) in [6.07, 6.45) is 7.92. The van der Waals surface area contributed by atoms with Gasteiger partial charge >= 0.3 is 0 Å². The van der Waals surface area contributed by atoms with E-state index in [4.69, 9.17) is 0 Å². The van der Waals surface area contributed by atoms with Crippen LogP contribution in [0.4, 0.5) is 5.82 Å². The SMILES string of the molecule is CCSc1ccc(CC(=O)Nc2ccc3c(n2)C(C)CC(C)(c2nccn4ccnc24)C3=O)cc1. The van der Waals surface area contributed by atoms with Crippen LogP contribution >= 0.6 is 11.8 Å². The number of hydrogen-bond acceptors (Lipinski definition) is 6. The molecule has 2 atom stereocenters. The molecule has 4 aromatic rings. The lowest BCUT2D eigenvalue weighted by Gasteiger charge is -2.36. The van der Waals surface area contributed by atoms with E-state index in [1.807, 2.05) is 48.0 Å². The van der Waals surface area contributed by atoms with Crippen molar-refractivity contribution < 1.29 is 9.59 Å². The Morgan fingerprint density at radius 1 is 1.14 bits per heavy atom. The van der Waals surface area contributed by atoms with E-state index < -0.39 is 5.41 Å². The summed E-state index contributed by atoms with van der Waals surface area (Å²) in [7, 11) is 0. The van der Waals surface area contributed by atoms with Crippen LogP contribution in [0.3, 0.4) is 0 Å². The quantitative estimate of drug-likeness (QED) is 0.384. The van der Waals surface area contributed by atoms with E-state index in [0.717, 1.165) is 11.3 Å². The highest BCUT2D eigenvalue weighted by atomic mass is 32.2. The average molecular weight is 486 g/mol. The molecule has 35 heavy (non-hydrogen) atoms. The summed E-state index contributed by atoms with van der Waals surface area (Å²) in [5, 5.41) is 2.90. The van der Waals surface area contributed by atoms with Crippen LogP contribution < -0.4 is 5.32 Å². The Kier molecular flexibility index (Phi) is 6.15. The van der Waals surface area contributed by atoms with Gasteiger partial charge in [-0.05, 0) is 48.9 Å². The summed E-state index contributed by atoms with van der Waals surface area (Å²) < 4.78 is 1.88. The third-order valence-electron chi connectivity index (χ3n) is 6.55. The van der Waals surface area contributed by atoms with Crippen molar-refractivity contribution in [1.82, 2.24) is 19.4 Å². The Hall–Kier alpha value is -3.52. The Labute approximate surface area is 208 Å². The van der Waals surface area contributed by atoms with Crippen molar-refractivity contribution in [2.45, 2.75) is 49.8 Å². The standard InChI is InChI=1S/C27H27N5O2S/c1-4-35-19-7-5-18(6-8-19)15-22(33)30-21-10-9-20-23(31-21)17(2)16-27(3,25(20)34)24-26-29-12-14-32(26)13-11-28-24/h5-14,17H,4,15-16H2,1-3H3,(H,30,31,33). The van der Waals surface area contributed by atoms with E-state index in [9.17, 15) is 9.59 Å². The van der Waals surface area contributed by atoms with Crippen molar-refractivity contribution >= 4 is 34.9 Å². The van der Waals surface area contributed by atoms with Crippen molar-refractivity contribution in [3.63, 3.8) is 0 Å². The number of rotatable bonds is 6. The van der Waals surface area contributed by atoms with Crippen LogP contribution in [0.25, 0.3) is 5.65 Å². The highest BCUT2D eigenvalue weighted by Crippen LogP contribution is 2.43. The highest BCUT2D eigenvalue weighted by molar-refractivity contribution is 7.99. The number of ketones is 1. The number of thioether (sulfide) groups is 1. The molecule has 1 aliphatic carbocycles. The topological polar surface area (TPSA) is 89.2 Å². The number of pyridine rings is 1. The summed E-state index contributed by atoms with van der Waals surface area (Å²) >= 11 is 1.77. The monoisotopic (exact) mass is 485 g/mol. The molecule has 0 saturated carbocycles. The molecule has 3 heterocycles. The molecule has 0 fully saturated rings. The maximum atomic E-state index is 13.7. The lowest BCUT2D eigenvalue weighted by atomic mass is 9.67. The second-order valence-corrected chi connectivity index (χ2v) is 10.5. The molecular formula is C27H27N5O2S. The first-order valence-corrected chi connectivity index (χ1v) is 12.7. The van der Waals surface area contributed by atoms with Crippen LogP contribution in [0.1, 0.15) is 60.4 Å². The first-order chi connectivity index (χ1) is 16.9. The lowest BCUT2D eigenvalue weighted by molar-refractivity contribution is -0.115. The van der Waals surface area contributed by atoms with E-state index in [2.05, 4.69) is 34.1 Å². The number of benzene rings is 1. The van der Waals surface area contributed by atoms with Crippen LogP contribution in [-0.2, 0) is 16.6 Å². The Morgan fingerprint density at radius 2 is 1.89 bits per heavy atom. The molecule has 178 valence electrons. The molecule has 1 N–H and O–H groups in total. The van der Waals surface area contributed by atoms with Gasteiger partial charge in [0.05, 0.1) is 23.2 Å².